The van der Waals surface area contributed by atoms with Crippen molar-refractivity contribution in [2.75, 3.05) is 33.3 Å². The maximum absolute atomic E-state index is 12.1. The molecule has 1 heterocycles. The number of guanidine groups is 1. The van der Waals surface area contributed by atoms with Crippen LogP contribution in [0.1, 0.15) is 60.3 Å². The summed E-state index contributed by atoms with van der Waals surface area (Å²) in [7, 11) is 1.44. The van der Waals surface area contributed by atoms with E-state index in [1.54, 1.807) is 0 Å². The third-order valence-electron chi connectivity index (χ3n) is 4.48. The van der Waals surface area contributed by atoms with Crippen LogP contribution in [0.5, 0.6) is 0 Å². The third kappa shape index (κ3) is 8.80. The minimum absolute atomic E-state index is 0.0363. The number of piperidine rings is 1. The highest BCUT2D eigenvalue weighted by Crippen LogP contribution is 2.18. The van der Waals surface area contributed by atoms with E-state index in [1.807, 2.05) is 27.7 Å². The quantitative estimate of drug-likeness (QED) is 0.389. The zero-order valence-electron chi connectivity index (χ0n) is 18.3. The number of amides is 1. The molecule has 1 saturated heterocycles. The fourth-order valence-electron chi connectivity index (χ4n) is 3.15. The molecular formula is C20H38N4O4. The molecule has 0 aliphatic carbocycles. The molecule has 1 aliphatic rings. The number of hydrogen-bond donors (Lipinski definition) is 2. The molecule has 0 saturated carbocycles. The maximum atomic E-state index is 12.1. The van der Waals surface area contributed by atoms with Crippen molar-refractivity contribution >= 4 is 18.0 Å². The standard InChI is InChI=1S/C20H38N4O4/c1-7-9-16(23-19(26)28-20(3,4)5)14-22-18(21-8-2)24-12-10-15(11-13-24)17(25)27-6/h15-16H,7-14H2,1-6H3,(H,21,22)(H,23,26). The van der Waals surface area contributed by atoms with Gasteiger partial charge in [0.1, 0.15) is 5.60 Å². The number of aliphatic imine (C=N–C) groups is 1. The van der Waals surface area contributed by atoms with Gasteiger partial charge in [-0.3, -0.25) is 9.79 Å². The Labute approximate surface area is 169 Å². The first-order chi connectivity index (χ1) is 13.2. The Morgan fingerprint density at radius 2 is 1.86 bits per heavy atom. The highest BCUT2D eigenvalue weighted by molar-refractivity contribution is 5.80. The molecule has 1 atom stereocenters. The molecule has 0 spiro atoms. The van der Waals surface area contributed by atoms with Gasteiger partial charge in [-0.2, -0.15) is 0 Å². The number of rotatable bonds is 7. The van der Waals surface area contributed by atoms with E-state index in [4.69, 9.17) is 14.5 Å². The Morgan fingerprint density at radius 3 is 2.36 bits per heavy atom. The van der Waals surface area contributed by atoms with Crippen molar-refractivity contribution in [2.45, 2.75) is 71.9 Å². The number of alkyl carbamates (subject to hydrolysis) is 1. The normalized spacial score (nSPS) is 17.1. The average Bonchev–Trinajstić information content (AvgIpc) is 2.63. The van der Waals surface area contributed by atoms with E-state index in [0.29, 0.717) is 6.54 Å². The largest absolute Gasteiger partial charge is 0.469 e. The Bertz CT molecular complexity index is 523. The lowest BCUT2D eigenvalue weighted by molar-refractivity contribution is -0.146. The van der Waals surface area contributed by atoms with Gasteiger partial charge in [-0.15, -0.1) is 0 Å². The predicted molar refractivity (Wildman–Crippen MR) is 110 cm³/mol. The van der Waals surface area contributed by atoms with Crippen molar-refractivity contribution in [2.24, 2.45) is 10.9 Å². The van der Waals surface area contributed by atoms with Crippen molar-refractivity contribution in [3.05, 3.63) is 0 Å². The zero-order chi connectivity index (χ0) is 21.2. The topological polar surface area (TPSA) is 92.3 Å². The van der Waals surface area contributed by atoms with Crippen molar-refractivity contribution in [1.82, 2.24) is 15.5 Å². The zero-order valence-corrected chi connectivity index (χ0v) is 18.3. The van der Waals surface area contributed by atoms with Gasteiger partial charge in [0.25, 0.3) is 0 Å². The molecule has 0 aromatic heterocycles. The smallest absolute Gasteiger partial charge is 0.407 e. The number of carbonyl (C=O) groups excluding carboxylic acids is 2. The number of carbonyl (C=O) groups is 2. The molecule has 0 aromatic rings. The lowest BCUT2D eigenvalue weighted by atomic mass is 9.97. The molecule has 2 N–H and O–H groups in total. The van der Waals surface area contributed by atoms with Gasteiger partial charge >= 0.3 is 12.1 Å². The second kappa shape index (κ2) is 11.8. The SMILES string of the molecule is CCCC(CN=C(NCC)N1CCC(C(=O)OC)CC1)NC(=O)OC(C)(C)C. The maximum Gasteiger partial charge on any atom is 0.407 e. The minimum Gasteiger partial charge on any atom is -0.469 e. The van der Waals surface area contributed by atoms with E-state index in [-0.39, 0.29) is 17.9 Å². The summed E-state index contributed by atoms with van der Waals surface area (Å²) in [6, 6.07) is -0.0823. The molecule has 1 rings (SSSR count). The van der Waals surface area contributed by atoms with Crippen LogP contribution in [0.4, 0.5) is 4.79 Å². The van der Waals surface area contributed by atoms with Crippen LogP contribution in [0, 0.1) is 5.92 Å². The van der Waals surface area contributed by atoms with Crippen LogP contribution >= 0.6 is 0 Å². The van der Waals surface area contributed by atoms with E-state index in [2.05, 4.69) is 22.5 Å². The van der Waals surface area contributed by atoms with Gasteiger partial charge in [-0.1, -0.05) is 13.3 Å². The van der Waals surface area contributed by atoms with Gasteiger partial charge in [-0.05, 0) is 47.0 Å². The molecule has 1 amide bonds. The highest BCUT2D eigenvalue weighted by Gasteiger charge is 2.27. The number of likely N-dealkylation sites (tertiary alicyclic amines) is 1. The summed E-state index contributed by atoms with van der Waals surface area (Å²) in [6.07, 6.45) is 2.87. The summed E-state index contributed by atoms with van der Waals surface area (Å²) in [6.45, 7) is 12.4. The molecule has 0 bridgehead atoms. The summed E-state index contributed by atoms with van der Waals surface area (Å²) in [5.41, 5.74) is -0.525. The number of nitrogens with one attached hydrogen (secondary N) is 2. The number of methoxy groups -OCH3 is 1. The fraction of sp³-hybridized carbons (Fsp3) is 0.850. The lowest BCUT2D eigenvalue weighted by Gasteiger charge is -2.33. The molecule has 1 unspecified atom stereocenters. The first kappa shape index (κ1) is 24.0. The third-order valence-corrected chi connectivity index (χ3v) is 4.48. The summed E-state index contributed by atoms with van der Waals surface area (Å²) in [5.74, 6) is 0.648. The van der Waals surface area contributed by atoms with Crippen LogP contribution in [0.3, 0.4) is 0 Å². The van der Waals surface area contributed by atoms with Crippen LogP contribution in [-0.4, -0.2) is 67.9 Å². The molecule has 162 valence electrons. The van der Waals surface area contributed by atoms with Crippen LogP contribution in [-0.2, 0) is 14.3 Å². The highest BCUT2D eigenvalue weighted by atomic mass is 16.6. The number of esters is 1. The second-order valence-corrected chi connectivity index (χ2v) is 8.11. The molecule has 0 aromatic carbocycles. The van der Waals surface area contributed by atoms with E-state index < -0.39 is 11.7 Å². The lowest BCUT2D eigenvalue weighted by Crippen LogP contribution is -2.47. The summed E-state index contributed by atoms with van der Waals surface area (Å²) in [4.78, 5) is 30.7. The molecular weight excluding hydrogens is 360 g/mol. The Hall–Kier alpha value is -1.99. The minimum atomic E-state index is -0.525. The molecule has 28 heavy (non-hydrogen) atoms. The van der Waals surface area contributed by atoms with Gasteiger partial charge in [-0.25, -0.2) is 4.79 Å². The van der Waals surface area contributed by atoms with Gasteiger partial charge < -0.3 is 25.0 Å². The number of ether oxygens (including phenoxy) is 2. The van der Waals surface area contributed by atoms with Crippen molar-refractivity contribution in [1.29, 1.82) is 0 Å². The molecule has 8 heteroatoms. The predicted octanol–water partition coefficient (Wildman–Crippen LogP) is 2.53. The van der Waals surface area contributed by atoms with E-state index in [1.165, 1.54) is 7.11 Å². The van der Waals surface area contributed by atoms with Crippen LogP contribution in [0.2, 0.25) is 0 Å². The Balaban J connectivity index is 2.69. The summed E-state index contributed by atoms with van der Waals surface area (Å²) < 4.78 is 10.2. The molecule has 1 fully saturated rings. The van der Waals surface area contributed by atoms with E-state index >= 15 is 0 Å². The molecule has 1 aliphatic heterocycles. The van der Waals surface area contributed by atoms with Gasteiger partial charge in [0.15, 0.2) is 5.96 Å². The van der Waals surface area contributed by atoms with Crippen molar-refractivity contribution in [3.63, 3.8) is 0 Å². The van der Waals surface area contributed by atoms with E-state index in [0.717, 1.165) is 51.3 Å². The number of hydrogen-bond acceptors (Lipinski definition) is 5. The first-order valence-corrected chi connectivity index (χ1v) is 10.3. The molecule has 0 radical (unpaired) electrons. The van der Waals surface area contributed by atoms with E-state index in [9.17, 15) is 9.59 Å². The Morgan fingerprint density at radius 1 is 1.21 bits per heavy atom. The van der Waals surface area contributed by atoms with Gasteiger partial charge in [0, 0.05) is 19.6 Å². The van der Waals surface area contributed by atoms with Crippen LogP contribution in [0.15, 0.2) is 4.99 Å². The average molecular weight is 399 g/mol. The Kier molecular flexibility index (Phi) is 10.1. The van der Waals surface area contributed by atoms with Crippen molar-refractivity contribution in [3.8, 4) is 0 Å². The first-order valence-electron chi connectivity index (χ1n) is 10.3. The summed E-state index contributed by atoms with van der Waals surface area (Å²) in [5, 5.41) is 6.24. The van der Waals surface area contributed by atoms with Gasteiger partial charge in [0.2, 0.25) is 0 Å². The summed E-state index contributed by atoms with van der Waals surface area (Å²) >= 11 is 0. The second-order valence-electron chi connectivity index (χ2n) is 8.11. The van der Waals surface area contributed by atoms with Crippen LogP contribution < -0.4 is 10.6 Å². The van der Waals surface area contributed by atoms with Gasteiger partial charge in [0.05, 0.1) is 25.6 Å². The monoisotopic (exact) mass is 398 g/mol. The van der Waals surface area contributed by atoms with Crippen LogP contribution in [0.25, 0.3) is 0 Å². The number of nitrogens with zero attached hydrogens (tertiary/aromatic N) is 2. The van der Waals surface area contributed by atoms with Crippen molar-refractivity contribution < 1.29 is 19.1 Å². The molecule has 8 nitrogen and oxygen atoms in total. The fourth-order valence-corrected chi connectivity index (χ4v) is 3.15.